The molecule has 0 aromatic carbocycles. The molecular formula is C15H28N2O2. The highest BCUT2D eigenvalue weighted by Gasteiger charge is 2.42. The van der Waals surface area contributed by atoms with Crippen molar-refractivity contribution in [1.29, 1.82) is 0 Å². The highest BCUT2D eigenvalue weighted by molar-refractivity contribution is 4.93. The van der Waals surface area contributed by atoms with Crippen LogP contribution in [0.25, 0.3) is 0 Å². The fraction of sp³-hybridized carbons (Fsp3) is 1.00. The van der Waals surface area contributed by atoms with Crippen LogP contribution in [0.4, 0.5) is 0 Å². The summed E-state index contributed by atoms with van der Waals surface area (Å²) in [7, 11) is 1.99. The molecule has 2 atom stereocenters. The second-order valence-corrected chi connectivity index (χ2v) is 6.48. The van der Waals surface area contributed by atoms with E-state index in [9.17, 15) is 0 Å². The van der Waals surface area contributed by atoms with Gasteiger partial charge in [0, 0.05) is 26.2 Å². The van der Waals surface area contributed by atoms with E-state index in [1.807, 2.05) is 7.05 Å². The minimum atomic E-state index is 0.279. The zero-order chi connectivity index (χ0) is 13.1. The number of nitrogens with zero attached hydrogens (tertiary/aromatic N) is 1. The van der Waals surface area contributed by atoms with Gasteiger partial charge in [0.25, 0.3) is 0 Å². The van der Waals surface area contributed by atoms with E-state index in [2.05, 4.69) is 10.2 Å². The monoisotopic (exact) mass is 268 g/mol. The number of hydrogen-bond acceptors (Lipinski definition) is 4. The zero-order valence-electron chi connectivity index (χ0n) is 12.2. The van der Waals surface area contributed by atoms with Gasteiger partial charge in [0.2, 0.25) is 0 Å². The highest BCUT2D eigenvalue weighted by Crippen LogP contribution is 2.43. The van der Waals surface area contributed by atoms with Crippen LogP contribution in [0.1, 0.15) is 38.5 Å². The van der Waals surface area contributed by atoms with Crippen LogP contribution in [0.5, 0.6) is 0 Å². The largest absolute Gasteiger partial charge is 0.374 e. The third-order valence-electron chi connectivity index (χ3n) is 4.97. The number of likely N-dealkylation sites (N-methyl/N-ethyl adjacent to an activating group) is 1. The molecule has 0 bridgehead atoms. The van der Waals surface area contributed by atoms with Gasteiger partial charge in [0.1, 0.15) is 0 Å². The van der Waals surface area contributed by atoms with Crippen molar-refractivity contribution in [2.75, 3.05) is 39.8 Å². The van der Waals surface area contributed by atoms with Crippen LogP contribution in [0.2, 0.25) is 0 Å². The van der Waals surface area contributed by atoms with Crippen molar-refractivity contribution in [2.45, 2.75) is 56.3 Å². The summed E-state index contributed by atoms with van der Waals surface area (Å²) < 4.78 is 12.2. The van der Waals surface area contributed by atoms with E-state index in [1.54, 1.807) is 0 Å². The molecule has 3 rings (SSSR count). The molecule has 2 unspecified atom stereocenters. The predicted octanol–water partition coefficient (Wildman–Crippen LogP) is 1.40. The SMILES string of the molecule is CNCC1CN(CC2CCC3(CCCC3)O2)CCO1. The van der Waals surface area contributed by atoms with Gasteiger partial charge in [0.15, 0.2) is 0 Å². The molecule has 1 spiro atoms. The molecule has 2 aliphatic heterocycles. The molecular weight excluding hydrogens is 240 g/mol. The Morgan fingerprint density at radius 3 is 2.84 bits per heavy atom. The van der Waals surface area contributed by atoms with Crippen molar-refractivity contribution in [3.8, 4) is 0 Å². The number of morpholine rings is 1. The summed E-state index contributed by atoms with van der Waals surface area (Å²) in [5.41, 5.74) is 0.279. The summed E-state index contributed by atoms with van der Waals surface area (Å²) in [5, 5.41) is 3.21. The third kappa shape index (κ3) is 3.30. The maximum Gasteiger partial charge on any atom is 0.0826 e. The Bertz CT molecular complexity index is 290. The molecule has 2 saturated heterocycles. The van der Waals surface area contributed by atoms with Crippen LogP contribution >= 0.6 is 0 Å². The van der Waals surface area contributed by atoms with E-state index in [0.29, 0.717) is 12.2 Å². The Hall–Kier alpha value is -0.160. The minimum Gasteiger partial charge on any atom is -0.374 e. The molecule has 110 valence electrons. The van der Waals surface area contributed by atoms with Gasteiger partial charge in [-0.2, -0.15) is 0 Å². The van der Waals surface area contributed by atoms with E-state index < -0.39 is 0 Å². The first kappa shape index (κ1) is 13.8. The topological polar surface area (TPSA) is 33.7 Å². The van der Waals surface area contributed by atoms with Crippen LogP contribution in [-0.2, 0) is 9.47 Å². The summed E-state index contributed by atoms with van der Waals surface area (Å²) >= 11 is 0. The summed E-state index contributed by atoms with van der Waals surface area (Å²) in [6, 6.07) is 0. The average Bonchev–Trinajstić information content (AvgIpc) is 3.02. The lowest BCUT2D eigenvalue weighted by Crippen LogP contribution is -2.48. The van der Waals surface area contributed by atoms with Crippen LogP contribution < -0.4 is 5.32 Å². The van der Waals surface area contributed by atoms with Crippen molar-refractivity contribution in [1.82, 2.24) is 10.2 Å². The van der Waals surface area contributed by atoms with Crippen LogP contribution in [0.15, 0.2) is 0 Å². The first-order valence-electron chi connectivity index (χ1n) is 7.96. The van der Waals surface area contributed by atoms with Crippen molar-refractivity contribution in [3.05, 3.63) is 0 Å². The standard InChI is InChI=1S/C15H28N2O2/c1-16-10-14-12-17(8-9-18-14)11-13-4-7-15(19-13)5-2-3-6-15/h13-14,16H,2-12H2,1H3. The van der Waals surface area contributed by atoms with E-state index >= 15 is 0 Å². The maximum absolute atomic E-state index is 6.41. The van der Waals surface area contributed by atoms with E-state index in [-0.39, 0.29) is 5.60 Å². The molecule has 19 heavy (non-hydrogen) atoms. The third-order valence-corrected chi connectivity index (χ3v) is 4.97. The Morgan fingerprint density at radius 2 is 2.05 bits per heavy atom. The lowest BCUT2D eigenvalue weighted by atomic mass is 9.98. The van der Waals surface area contributed by atoms with Gasteiger partial charge in [-0.1, -0.05) is 12.8 Å². The lowest BCUT2D eigenvalue weighted by Gasteiger charge is -2.34. The maximum atomic E-state index is 6.41. The molecule has 3 fully saturated rings. The van der Waals surface area contributed by atoms with Gasteiger partial charge in [-0.25, -0.2) is 0 Å². The smallest absolute Gasteiger partial charge is 0.0826 e. The first-order chi connectivity index (χ1) is 9.30. The Morgan fingerprint density at radius 1 is 1.21 bits per heavy atom. The molecule has 1 saturated carbocycles. The zero-order valence-corrected chi connectivity index (χ0v) is 12.2. The fourth-order valence-electron chi connectivity index (χ4n) is 4.00. The Kier molecular flexibility index (Phi) is 4.42. The van der Waals surface area contributed by atoms with E-state index in [0.717, 1.165) is 32.8 Å². The molecule has 4 heteroatoms. The molecule has 0 aromatic heterocycles. The number of ether oxygens (including phenoxy) is 2. The van der Waals surface area contributed by atoms with Crippen molar-refractivity contribution >= 4 is 0 Å². The molecule has 1 aliphatic carbocycles. The average molecular weight is 268 g/mol. The van der Waals surface area contributed by atoms with E-state index in [4.69, 9.17) is 9.47 Å². The molecule has 2 heterocycles. The summed E-state index contributed by atoms with van der Waals surface area (Å²) in [6.45, 7) is 5.03. The normalized spacial score (nSPS) is 35.2. The molecule has 3 aliphatic rings. The van der Waals surface area contributed by atoms with Gasteiger partial charge in [0.05, 0.1) is 24.4 Å². The molecule has 1 N–H and O–H groups in total. The number of hydrogen-bond donors (Lipinski definition) is 1. The molecule has 4 nitrogen and oxygen atoms in total. The summed E-state index contributed by atoms with van der Waals surface area (Å²) in [5.74, 6) is 0. The van der Waals surface area contributed by atoms with Gasteiger partial charge in [-0.3, -0.25) is 4.90 Å². The van der Waals surface area contributed by atoms with Gasteiger partial charge < -0.3 is 14.8 Å². The van der Waals surface area contributed by atoms with Crippen molar-refractivity contribution < 1.29 is 9.47 Å². The second kappa shape index (κ2) is 6.08. The number of rotatable bonds is 4. The lowest BCUT2D eigenvalue weighted by molar-refractivity contribution is -0.0721. The van der Waals surface area contributed by atoms with E-state index in [1.165, 1.54) is 38.5 Å². The Labute approximate surface area is 116 Å². The van der Waals surface area contributed by atoms with Gasteiger partial charge >= 0.3 is 0 Å². The van der Waals surface area contributed by atoms with Gasteiger partial charge in [-0.05, 0) is 32.7 Å². The predicted molar refractivity (Wildman–Crippen MR) is 75.4 cm³/mol. The molecule has 0 radical (unpaired) electrons. The molecule has 0 amide bonds. The second-order valence-electron chi connectivity index (χ2n) is 6.48. The fourth-order valence-corrected chi connectivity index (χ4v) is 4.00. The van der Waals surface area contributed by atoms with Crippen LogP contribution in [0.3, 0.4) is 0 Å². The van der Waals surface area contributed by atoms with Crippen molar-refractivity contribution in [2.24, 2.45) is 0 Å². The van der Waals surface area contributed by atoms with Crippen LogP contribution in [0, 0.1) is 0 Å². The highest BCUT2D eigenvalue weighted by atomic mass is 16.5. The quantitative estimate of drug-likeness (QED) is 0.835. The summed E-state index contributed by atoms with van der Waals surface area (Å²) in [4.78, 5) is 2.53. The first-order valence-corrected chi connectivity index (χ1v) is 7.96. The van der Waals surface area contributed by atoms with Crippen LogP contribution in [-0.4, -0.2) is 62.5 Å². The summed E-state index contributed by atoms with van der Waals surface area (Å²) in [6.07, 6.45) is 8.70. The molecule has 0 aromatic rings. The minimum absolute atomic E-state index is 0.279. The Balaban J connectivity index is 1.46. The van der Waals surface area contributed by atoms with Crippen molar-refractivity contribution in [3.63, 3.8) is 0 Å². The number of nitrogens with one attached hydrogen (secondary N) is 1. The van der Waals surface area contributed by atoms with Gasteiger partial charge in [-0.15, -0.1) is 0 Å².